The number of nitrogens with zero attached hydrogens (tertiary/aromatic N) is 1. The van der Waals surface area contributed by atoms with Crippen LogP contribution in [0.4, 0.5) is 0 Å². The van der Waals surface area contributed by atoms with Gasteiger partial charge in [0, 0.05) is 25.2 Å². The summed E-state index contributed by atoms with van der Waals surface area (Å²) in [4.78, 5) is 2.48. The van der Waals surface area contributed by atoms with Crippen LogP contribution in [0.25, 0.3) is 0 Å². The summed E-state index contributed by atoms with van der Waals surface area (Å²) in [6, 6.07) is 0.934. The van der Waals surface area contributed by atoms with Gasteiger partial charge >= 0.3 is 0 Å². The van der Waals surface area contributed by atoms with Crippen molar-refractivity contribution in [2.24, 2.45) is 5.73 Å². The predicted octanol–water partition coefficient (Wildman–Crippen LogP) is 0.728. The normalized spacial score (nSPS) is 39.2. The topological polar surface area (TPSA) is 58.7 Å². The Balaban J connectivity index is 1.99. The highest BCUT2D eigenvalue weighted by Crippen LogP contribution is 2.28. The van der Waals surface area contributed by atoms with Crippen molar-refractivity contribution in [2.45, 2.75) is 63.3 Å². The monoisotopic (exact) mass is 242 g/mol. The highest BCUT2D eigenvalue weighted by Gasteiger charge is 2.37. The zero-order valence-electron chi connectivity index (χ0n) is 11.1. The molecule has 4 nitrogen and oxygen atoms in total. The fraction of sp³-hybridized carbons (Fsp3) is 1.00. The second-order valence-electron chi connectivity index (χ2n) is 6.19. The molecule has 3 N–H and O–H groups in total. The number of nitrogens with two attached hydrogens (primary N) is 1. The van der Waals surface area contributed by atoms with Crippen molar-refractivity contribution in [3.63, 3.8) is 0 Å². The summed E-state index contributed by atoms with van der Waals surface area (Å²) in [6.45, 7) is 6.10. The number of aliphatic hydroxyl groups is 1. The van der Waals surface area contributed by atoms with Gasteiger partial charge in [0.1, 0.15) is 0 Å². The molecule has 0 amide bonds. The quantitative estimate of drug-likeness (QED) is 0.749. The van der Waals surface area contributed by atoms with Crippen LogP contribution >= 0.6 is 0 Å². The molecular weight excluding hydrogens is 216 g/mol. The molecule has 0 aromatic rings. The second-order valence-corrected chi connectivity index (χ2v) is 6.19. The van der Waals surface area contributed by atoms with Crippen LogP contribution in [0, 0.1) is 0 Å². The zero-order chi connectivity index (χ0) is 12.5. The van der Waals surface area contributed by atoms with Crippen molar-refractivity contribution >= 4 is 0 Å². The molecule has 100 valence electrons. The summed E-state index contributed by atoms with van der Waals surface area (Å²) in [5.74, 6) is 0. The van der Waals surface area contributed by atoms with Gasteiger partial charge in [0.15, 0.2) is 0 Å². The number of ether oxygens (including phenoxy) is 1. The Kier molecular flexibility index (Phi) is 4.08. The Morgan fingerprint density at radius 2 is 2.18 bits per heavy atom. The zero-order valence-corrected chi connectivity index (χ0v) is 11.1. The molecule has 0 radical (unpaired) electrons. The maximum Gasteiger partial charge on any atom is 0.0940 e. The van der Waals surface area contributed by atoms with Crippen LogP contribution in [0.5, 0.6) is 0 Å². The van der Waals surface area contributed by atoms with Gasteiger partial charge in [-0.05, 0) is 33.1 Å². The van der Waals surface area contributed by atoms with Gasteiger partial charge in [-0.2, -0.15) is 0 Å². The van der Waals surface area contributed by atoms with E-state index < -0.39 is 0 Å². The first-order chi connectivity index (χ1) is 8.00. The lowest BCUT2D eigenvalue weighted by Gasteiger charge is -2.47. The van der Waals surface area contributed by atoms with Gasteiger partial charge in [-0.25, -0.2) is 0 Å². The third kappa shape index (κ3) is 3.41. The minimum absolute atomic E-state index is 0.0445. The minimum Gasteiger partial charge on any atom is -0.394 e. The Morgan fingerprint density at radius 1 is 1.41 bits per heavy atom. The van der Waals surface area contributed by atoms with Crippen molar-refractivity contribution < 1.29 is 9.84 Å². The van der Waals surface area contributed by atoms with Crippen molar-refractivity contribution in [1.29, 1.82) is 0 Å². The van der Waals surface area contributed by atoms with Gasteiger partial charge in [-0.15, -0.1) is 0 Å². The van der Waals surface area contributed by atoms with E-state index in [4.69, 9.17) is 10.5 Å². The van der Waals surface area contributed by atoms with Crippen LogP contribution in [0.1, 0.15) is 39.5 Å². The molecule has 0 bridgehead atoms. The number of hydrogen-bond donors (Lipinski definition) is 2. The van der Waals surface area contributed by atoms with Gasteiger partial charge < -0.3 is 15.6 Å². The molecule has 0 spiro atoms. The largest absolute Gasteiger partial charge is 0.394 e. The molecule has 1 heterocycles. The van der Waals surface area contributed by atoms with Crippen molar-refractivity contribution in [3.8, 4) is 0 Å². The van der Waals surface area contributed by atoms with E-state index >= 15 is 0 Å². The molecule has 17 heavy (non-hydrogen) atoms. The van der Waals surface area contributed by atoms with Crippen LogP contribution in [0.2, 0.25) is 0 Å². The summed E-state index contributed by atoms with van der Waals surface area (Å²) in [6.07, 6.45) is 4.67. The van der Waals surface area contributed by atoms with E-state index in [1.807, 2.05) is 0 Å². The average molecular weight is 242 g/mol. The Bertz CT molecular complexity index is 258. The first kappa shape index (κ1) is 13.3. The Morgan fingerprint density at radius 3 is 2.82 bits per heavy atom. The molecule has 1 saturated carbocycles. The lowest BCUT2D eigenvalue weighted by Crippen LogP contribution is -2.58. The van der Waals surface area contributed by atoms with Gasteiger partial charge in [0.2, 0.25) is 0 Å². The van der Waals surface area contributed by atoms with E-state index in [1.165, 1.54) is 12.8 Å². The summed E-state index contributed by atoms with van der Waals surface area (Å²) in [5.41, 5.74) is 5.90. The number of rotatable bonds is 2. The molecule has 1 saturated heterocycles. The molecule has 4 heteroatoms. The highest BCUT2D eigenvalue weighted by molar-refractivity contribution is 4.90. The van der Waals surface area contributed by atoms with Gasteiger partial charge in [-0.3, -0.25) is 4.90 Å². The maximum atomic E-state index is 9.32. The molecular formula is C13H26N2O2. The number of hydrogen-bond acceptors (Lipinski definition) is 4. The van der Waals surface area contributed by atoms with Crippen LogP contribution in [-0.4, -0.2) is 53.5 Å². The average Bonchev–Trinajstić information content (AvgIpc) is 2.27. The predicted molar refractivity (Wildman–Crippen MR) is 67.8 cm³/mol. The molecule has 3 unspecified atom stereocenters. The van der Waals surface area contributed by atoms with E-state index in [-0.39, 0.29) is 18.3 Å². The maximum absolute atomic E-state index is 9.32. The fourth-order valence-electron chi connectivity index (χ4n) is 3.25. The van der Waals surface area contributed by atoms with Gasteiger partial charge in [0.05, 0.1) is 18.3 Å². The molecule has 3 atom stereocenters. The summed E-state index contributed by atoms with van der Waals surface area (Å²) in [7, 11) is 0. The van der Waals surface area contributed by atoms with Crippen LogP contribution in [0.15, 0.2) is 0 Å². The van der Waals surface area contributed by atoms with Crippen LogP contribution < -0.4 is 5.73 Å². The highest BCUT2D eigenvalue weighted by atomic mass is 16.5. The van der Waals surface area contributed by atoms with E-state index in [2.05, 4.69) is 18.7 Å². The molecule has 1 aliphatic carbocycles. The number of aliphatic hydroxyl groups excluding tert-OH is 1. The fourth-order valence-corrected chi connectivity index (χ4v) is 3.25. The lowest BCUT2D eigenvalue weighted by atomic mass is 9.89. The van der Waals surface area contributed by atoms with Crippen molar-refractivity contribution in [2.75, 3.05) is 19.7 Å². The molecule has 0 aromatic heterocycles. The van der Waals surface area contributed by atoms with Crippen molar-refractivity contribution in [1.82, 2.24) is 4.90 Å². The third-order valence-corrected chi connectivity index (χ3v) is 3.91. The van der Waals surface area contributed by atoms with Crippen molar-refractivity contribution in [3.05, 3.63) is 0 Å². The van der Waals surface area contributed by atoms with E-state index in [0.717, 1.165) is 25.9 Å². The second kappa shape index (κ2) is 5.22. The van der Waals surface area contributed by atoms with Gasteiger partial charge in [0.25, 0.3) is 0 Å². The third-order valence-electron chi connectivity index (χ3n) is 3.91. The Hall–Kier alpha value is -0.160. The molecule has 2 fully saturated rings. The summed E-state index contributed by atoms with van der Waals surface area (Å²) in [5, 5.41) is 9.32. The lowest BCUT2D eigenvalue weighted by molar-refractivity contribution is -0.159. The molecule has 2 rings (SSSR count). The standard InChI is InChI=1S/C13H26N2O2/c1-13(2)9-15(7-12(8-16)17-13)11-5-3-4-10(14)6-11/h10-12,16H,3-9,14H2,1-2H3. The number of morpholine rings is 1. The molecule has 1 aliphatic heterocycles. The molecule has 2 aliphatic rings. The smallest absolute Gasteiger partial charge is 0.0940 e. The summed E-state index contributed by atoms with van der Waals surface area (Å²) < 4.78 is 5.85. The minimum atomic E-state index is -0.160. The van der Waals surface area contributed by atoms with Gasteiger partial charge in [-0.1, -0.05) is 6.42 Å². The van der Waals surface area contributed by atoms with Crippen LogP contribution in [0.3, 0.4) is 0 Å². The van der Waals surface area contributed by atoms with E-state index in [0.29, 0.717) is 12.1 Å². The molecule has 0 aromatic carbocycles. The summed E-state index contributed by atoms with van der Waals surface area (Å²) >= 11 is 0. The van der Waals surface area contributed by atoms with E-state index in [9.17, 15) is 5.11 Å². The first-order valence-corrected chi connectivity index (χ1v) is 6.78. The van der Waals surface area contributed by atoms with Crippen LogP contribution in [-0.2, 0) is 4.74 Å². The first-order valence-electron chi connectivity index (χ1n) is 6.78. The Labute approximate surface area is 104 Å². The SMILES string of the molecule is CC1(C)CN(C2CCCC(N)C2)CC(CO)O1. The van der Waals surface area contributed by atoms with E-state index in [1.54, 1.807) is 0 Å².